The third-order valence-electron chi connectivity index (χ3n) is 23.1. The van der Waals surface area contributed by atoms with Crippen LogP contribution in [0.4, 0.5) is 35.6 Å². The van der Waals surface area contributed by atoms with Crippen LogP contribution in [0.15, 0.2) is 195 Å². The van der Waals surface area contributed by atoms with E-state index in [9.17, 15) is 63.0 Å². The molecule has 131 heavy (non-hydrogen) atoms. The number of amides is 11. The number of pyridine rings is 3. The zero-order chi connectivity index (χ0) is 92.9. The van der Waals surface area contributed by atoms with Crippen LogP contribution in [0, 0.1) is 24.7 Å². The minimum Gasteiger partial charge on any atom is -0.497 e. The first-order chi connectivity index (χ1) is 62.8. The predicted molar refractivity (Wildman–Crippen MR) is 471 cm³/mol. The average molecular weight is 1780 g/mol. The highest BCUT2D eigenvalue weighted by molar-refractivity contribution is 6.10. The second-order valence-electron chi connectivity index (χ2n) is 34.3. The van der Waals surface area contributed by atoms with Gasteiger partial charge in [-0.05, 0) is 163 Å². The van der Waals surface area contributed by atoms with Crippen molar-refractivity contribution < 1.29 is 81.9 Å². The van der Waals surface area contributed by atoms with Gasteiger partial charge in [0.25, 0.3) is 0 Å². The Morgan fingerprint density at radius 1 is 0.397 bits per heavy atom. The number of fused-ring (bicyclic) bond motifs is 3. The molecule has 37 nitrogen and oxygen atoms in total. The predicted octanol–water partition coefficient (Wildman–Crippen LogP) is 11.0. The molecule has 6 atom stereocenters. The van der Waals surface area contributed by atoms with Crippen molar-refractivity contribution in [3.8, 4) is 45.7 Å². The molecule has 0 aliphatic carbocycles. The highest BCUT2D eigenvalue weighted by Crippen LogP contribution is 2.39. The molecule has 37 heteroatoms. The van der Waals surface area contributed by atoms with Crippen LogP contribution in [0.1, 0.15) is 99.5 Å². The fourth-order valence-electron chi connectivity index (χ4n) is 16.6. The Kier molecular flexibility index (Phi) is 26.4. The lowest BCUT2D eigenvalue weighted by atomic mass is 9.80. The van der Waals surface area contributed by atoms with E-state index in [1.807, 2.05) is 142 Å². The maximum absolute atomic E-state index is 13.7. The number of carboxylic acid groups (broad SMARTS) is 2. The number of anilines is 2. The number of benzene rings is 5. The molecule has 17 rings (SSSR count). The fourth-order valence-corrected chi connectivity index (χ4v) is 16.6. The number of rotatable bonds is 20. The number of hydrogen-bond acceptors (Lipinski definition) is 24. The van der Waals surface area contributed by atoms with Crippen molar-refractivity contribution in [2.75, 3.05) is 43.7 Å². The third kappa shape index (κ3) is 19.8. The van der Waals surface area contributed by atoms with E-state index in [-0.39, 0.29) is 70.1 Å². The van der Waals surface area contributed by atoms with Crippen LogP contribution in [-0.2, 0) is 110 Å². The number of β-lactam (4-membered cyclic amide) rings is 3. The van der Waals surface area contributed by atoms with E-state index in [1.165, 1.54) is 37.6 Å². The van der Waals surface area contributed by atoms with E-state index < -0.39 is 107 Å². The first-order valence-corrected chi connectivity index (χ1v) is 42.6. The number of nitrogens with zero attached hydrogens (tertiary/aromatic N) is 20. The monoisotopic (exact) mass is 1780 g/mol. The second kappa shape index (κ2) is 38.2. The Morgan fingerprint density at radius 3 is 1.02 bits per heavy atom. The molecule has 12 heterocycles. The molecular formula is C94H98N20O17. The Hall–Kier alpha value is -15.5. The molecule has 6 aliphatic heterocycles. The fraction of sp³-hybridized carbons (Fsp3) is 0.340. The van der Waals surface area contributed by atoms with Crippen LogP contribution < -0.4 is 19.3 Å². The number of carbonyl (C=O) groups is 11. The summed E-state index contributed by atoms with van der Waals surface area (Å²) in [5.41, 5.74) is 5.70. The van der Waals surface area contributed by atoms with Gasteiger partial charge in [0.2, 0.25) is 17.7 Å². The van der Waals surface area contributed by atoms with Crippen LogP contribution in [0.5, 0.6) is 11.5 Å². The molecule has 676 valence electrons. The third-order valence-corrected chi connectivity index (χ3v) is 23.1. The van der Waals surface area contributed by atoms with Crippen molar-refractivity contribution in [1.29, 1.82) is 0 Å². The summed E-state index contributed by atoms with van der Waals surface area (Å²) in [7, 11) is 3.15. The molecule has 5 aromatic carbocycles. The van der Waals surface area contributed by atoms with Gasteiger partial charge in [-0.25, -0.2) is 53.3 Å². The number of ether oxygens (including phenoxy) is 4. The lowest BCUT2D eigenvalue weighted by Crippen LogP contribution is -2.69. The normalized spacial score (nSPS) is 17.8. The molecule has 0 bridgehead atoms. The molecule has 6 aliphatic rings. The number of carboxylic acids is 2. The Labute approximate surface area is 753 Å². The summed E-state index contributed by atoms with van der Waals surface area (Å²) >= 11 is 0. The van der Waals surface area contributed by atoms with Gasteiger partial charge < -0.3 is 57.6 Å². The summed E-state index contributed by atoms with van der Waals surface area (Å²) in [5, 5.41) is 45.6. The Balaban J connectivity index is 0.000000154. The van der Waals surface area contributed by atoms with Gasteiger partial charge in [-0.3, -0.25) is 38.9 Å². The van der Waals surface area contributed by atoms with Gasteiger partial charge in [0.05, 0.1) is 64.7 Å². The number of aromatic nitrogens is 12. The number of aliphatic carboxylic acids is 2. The quantitative estimate of drug-likeness (QED) is 0.0669. The first-order valence-electron chi connectivity index (χ1n) is 42.6. The van der Waals surface area contributed by atoms with E-state index >= 15 is 0 Å². The molecule has 6 aromatic heterocycles. The zero-order valence-corrected chi connectivity index (χ0v) is 73.8. The summed E-state index contributed by atoms with van der Waals surface area (Å²) in [4.78, 5) is 167. The van der Waals surface area contributed by atoms with E-state index in [4.69, 9.17) is 18.9 Å². The highest BCUT2D eigenvalue weighted by Gasteiger charge is 2.58. The highest BCUT2D eigenvalue weighted by atomic mass is 16.6. The van der Waals surface area contributed by atoms with Crippen molar-refractivity contribution >= 4 is 77.4 Å². The smallest absolute Gasteiger partial charge is 0.416 e. The molecular weight excluding hydrogens is 1680 g/mol. The summed E-state index contributed by atoms with van der Waals surface area (Å²) < 4.78 is 27.7. The second-order valence-corrected chi connectivity index (χ2v) is 34.3. The maximum Gasteiger partial charge on any atom is 0.416 e. The van der Waals surface area contributed by atoms with Gasteiger partial charge in [0.15, 0.2) is 52.8 Å². The summed E-state index contributed by atoms with van der Waals surface area (Å²) in [5.74, 6) is -0.966. The minimum absolute atomic E-state index is 0.0224. The molecule has 3 fully saturated rings. The van der Waals surface area contributed by atoms with Crippen molar-refractivity contribution in [3.63, 3.8) is 0 Å². The number of likely N-dealkylation sites (tertiary alicyclic amines) is 3. The van der Waals surface area contributed by atoms with Crippen molar-refractivity contribution in [2.45, 2.75) is 156 Å². The molecule has 11 amide bonds. The van der Waals surface area contributed by atoms with Crippen LogP contribution >= 0.6 is 0 Å². The SMILES string of the molecule is COc1ccc(CN(C(=O)OC(C)(C)C)c2cc(C[C@H]3C(=O)N(C(=O)N4CCn5c(nnc5-c5ccccc5)C4)[C@@H]3C(=O)O)ccn2)cc1.COc1ccc(CN(C(=O)OC(C)(C)C)c2cc(C[C@H]3C(=O)N(C(=O)N4CCn5c(nnc5-c5ccccc5)C4)[C@@H]3C(C)=O)ccn2)cc1.Cc1cc(C[C@H]2C(=O)N(C(=O)N3CCn4c(nnc4-c4ccccc4)C3)[C@@H]2C(=O)O)ccn1. The van der Waals surface area contributed by atoms with Gasteiger partial charge in [-0.1, -0.05) is 115 Å². The maximum atomic E-state index is 13.7. The molecule has 0 saturated carbocycles. The van der Waals surface area contributed by atoms with Crippen LogP contribution in [0.3, 0.4) is 0 Å². The van der Waals surface area contributed by atoms with Crippen molar-refractivity contribution in [2.24, 2.45) is 17.8 Å². The van der Waals surface area contributed by atoms with Gasteiger partial charge in [0.1, 0.15) is 40.4 Å². The van der Waals surface area contributed by atoms with Crippen LogP contribution in [0.25, 0.3) is 34.2 Å². The zero-order valence-electron chi connectivity index (χ0n) is 73.8. The summed E-state index contributed by atoms with van der Waals surface area (Å²) in [6, 6.07) is 48.4. The lowest BCUT2D eigenvalue weighted by molar-refractivity contribution is -0.166. The largest absolute Gasteiger partial charge is 0.497 e. The number of aryl methyl sites for hydroxylation is 1. The molecule has 3 saturated heterocycles. The molecule has 11 aromatic rings. The standard InChI is InChI=1S/C36H39N7O6.C35H37N7O7.C23H22N6O4/c1-23(44)31-28(33(45)43(31)34(46)40-17-18-41-30(22-40)38-39-32(41)26-9-7-6-8-10-26)19-25-15-16-37-29(20-25)42(35(47)49-36(2,3)4)21-24-11-13-27(48-5)14-12-24;1-35(2,3)49-34(47)41(20-22-10-12-25(48-4)13-11-22)27-19-23(14-15-36-27)18-26-29(32(44)45)42(31(26)43)33(46)39-16-17-40-28(21-39)37-38-30(40)24-8-6-5-7-9-24;1-14-11-15(7-8-24-14)12-17-19(22(31)32)29(21(17)30)23(33)27-9-10-28-18(13-27)25-26-20(28)16-5-3-2-4-6-16/h6-16,20,28,31H,17-19,21-22H2,1-5H3;5-15,19,26,29H,16-18,20-21H2,1-4H3,(H,44,45);2-8,11,17,19H,9-10,12-13H2,1H3,(H,31,32)/t28-,31-;26-,29+;17-,19+/m111/s1. The Bertz CT molecular complexity index is 5870. The van der Waals surface area contributed by atoms with Crippen molar-refractivity contribution in [1.82, 2.24) is 88.6 Å². The Morgan fingerprint density at radius 2 is 0.710 bits per heavy atom. The first kappa shape index (κ1) is 90.3. The van der Waals surface area contributed by atoms with E-state index in [2.05, 4.69) is 45.5 Å². The topological polar surface area (TPSA) is 422 Å². The van der Waals surface area contributed by atoms with Crippen molar-refractivity contribution in [3.05, 3.63) is 245 Å². The van der Waals surface area contributed by atoms with E-state index in [1.54, 1.807) is 123 Å². The summed E-state index contributed by atoms with van der Waals surface area (Å²) in [6.07, 6.45) is 3.92. The lowest BCUT2D eigenvalue weighted by Gasteiger charge is -2.46. The van der Waals surface area contributed by atoms with Gasteiger partial charge in [-0.2, -0.15) is 0 Å². The number of carbonyl (C=O) groups excluding carboxylic acids is 9. The van der Waals surface area contributed by atoms with Crippen LogP contribution in [0.2, 0.25) is 0 Å². The average Bonchev–Trinajstić information content (AvgIpc) is 1.41. The van der Waals surface area contributed by atoms with Gasteiger partial charge in [-0.15, -0.1) is 30.6 Å². The van der Waals surface area contributed by atoms with Gasteiger partial charge >= 0.3 is 42.2 Å². The van der Waals surface area contributed by atoms with E-state index in [0.717, 1.165) is 59.6 Å². The number of urea groups is 3. The van der Waals surface area contributed by atoms with Crippen LogP contribution in [-0.4, -0.2) is 228 Å². The number of imide groups is 3. The summed E-state index contributed by atoms with van der Waals surface area (Å²) in [6.45, 7) is 16.8. The number of methoxy groups -OCH3 is 2. The molecule has 2 N–H and O–H groups in total. The molecule has 0 unspecified atom stereocenters. The van der Waals surface area contributed by atoms with Gasteiger partial charge in [0, 0.05) is 80.2 Å². The molecule has 0 spiro atoms. The number of ketones is 1. The van der Waals surface area contributed by atoms with E-state index in [0.29, 0.717) is 90.3 Å². The number of hydrogen-bond donors (Lipinski definition) is 2. The molecule has 0 radical (unpaired) electrons. The minimum atomic E-state index is -1.36. The number of Topliss-reactive ketones (excluding diaryl/α,β-unsaturated/α-hetero) is 1.